The molecule has 0 amide bonds. The molecule has 2 saturated carbocycles. The molecule has 60 valence electrons. The topological polar surface area (TPSA) is 3.24 Å². The van der Waals surface area contributed by atoms with Crippen LogP contribution in [0.15, 0.2) is 0 Å². The quantitative estimate of drug-likeness (QED) is 0.506. The molecular formula is C10H15N. The Bertz CT molecular complexity index is 219. The van der Waals surface area contributed by atoms with Gasteiger partial charge in [0.05, 0.1) is 0 Å². The third-order valence-corrected chi connectivity index (χ3v) is 4.50. The van der Waals surface area contributed by atoms with Gasteiger partial charge in [-0.3, -0.25) is 4.90 Å². The highest BCUT2D eigenvalue weighted by molar-refractivity contribution is 5.15. The molecule has 0 N–H and O–H groups in total. The molecule has 3 unspecified atom stereocenters. The summed E-state index contributed by atoms with van der Waals surface area (Å²) in [6, 6.07) is 2.11. The zero-order valence-corrected chi connectivity index (χ0v) is 6.92. The molecule has 0 bridgehead atoms. The summed E-state index contributed by atoms with van der Waals surface area (Å²) in [6.07, 6.45) is 7.79. The number of piperidine rings is 1. The Kier molecular flexibility index (Phi) is 0.706. The van der Waals surface area contributed by atoms with Crippen LogP contribution in [0.3, 0.4) is 0 Å². The van der Waals surface area contributed by atoms with Gasteiger partial charge >= 0.3 is 0 Å². The van der Waals surface area contributed by atoms with Gasteiger partial charge in [-0.05, 0) is 43.4 Å². The van der Waals surface area contributed by atoms with Crippen molar-refractivity contribution in [1.82, 2.24) is 4.90 Å². The van der Waals surface area contributed by atoms with Crippen LogP contribution in [-0.2, 0) is 0 Å². The van der Waals surface area contributed by atoms with Crippen LogP contribution in [0.4, 0.5) is 0 Å². The molecule has 1 heteroatoms. The average molecular weight is 149 g/mol. The highest BCUT2D eigenvalue weighted by atomic mass is 15.3. The van der Waals surface area contributed by atoms with Gasteiger partial charge in [-0.2, -0.15) is 0 Å². The van der Waals surface area contributed by atoms with E-state index in [9.17, 15) is 0 Å². The normalized spacial score (nSPS) is 56.2. The minimum Gasteiger partial charge on any atom is -0.297 e. The molecule has 0 radical (unpaired) electrons. The molecule has 4 aliphatic rings. The fourth-order valence-electron chi connectivity index (χ4n) is 3.58. The molecule has 0 aromatic carbocycles. The molecule has 4 rings (SSSR count). The summed E-state index contributed by atoms with van der Waals surface area (Å²) in [4.78, 5) is 2.84. The van der Waals surface area contributed by atoms with Crippen LogP contribution in [0.1, 0.15) is 32.1 Å². The molecule has 3 atom stereocenters. The summed E-state index contributed by atoms with van der Waals surface area (Å²) in [7, 11) is 0. The molecule has 0 aromatic heterocycles. The summed E-state index contributed by atoms with van der Waals surface area (Å²) >= 11 is 0. The summed E-state index contributed by atoms with van der Waals surface area (Å²) in [5, 5.41) is 0. The van der Waals surface area contributed by atoms with Crippen LogP contribution in [0.5, 0.6) is 0 Å². The van der Waals surface area contributed by atoms with Gasteiger partial charge in [0, 0.05) is 18.6 Å². The first kappa shape index (κ1) is 5.58. The Hall–Kier alpha value is -0.0400. The lowest BCUT2D eigenvalue weighted by Crippen LogP contribution is -2.26. The van der Waals surface area contributed by atoms with E-state index < -0.39 is 0 Å². The maximum absolute atomic E-state index is 2.84. The first-order chi connectivity index (χ1) is 5.36. The molecule has 2 aliphatic carbocycles. The first-order valence-electron chi connectivity index (χ1n) is 5.12. The van der Waals surface area contributed by atoms with E-state index in [2.05, 4.69) is 4.90 Å². The van der Waals surface area contributed by atoms with Gasteiger partial charge in [0.15, 0.2) is 0 Å². The van der Waals surface area contributed by atoms with E-state index in [4.69, 9.17) is 0 Å². The molecule has 0 aromatic rings. The molecular weight excluding hydrogens is 134 g/mol. The van der Waals surface area contributed by atoms with Crippen molar-refractivity contribution in [3.63, 3.8) is 0 Å². The SMILES string of the molecule is C1C2CC2N2CC3(CC3)CC12. The van der Waals surface area contributed by atoms with Crippen molar-refractivity contribution >= 4 is 0 Å². The second kappa shape index (κ2) is 1.39. The van der Waals surface area contributed by atoms with E-state index in [0.29, 0.717) is 0 Å². The lowest BCUT2D eigenvalue weighted by atomic mass is 10.0. The van der Waals surface area contributed by atoms with Crippen molar-refractivity contribution in [2.45, 2.75) is 44.2 Å². The molecule has 2 saturated heterocycles. The summed E-state index contributed by atoms with van der Waals surface area (Å²) in [5.74, 6) is 1.15. The number of fused-ring (bicyclic) bond motifs is 3. The Balaban J connectivity index is 1.68. The van der Waals surface area contributed by atoms with Crippen molar-refractivity contribution in [2.75, 3.05) is 6.54 Å². The van der Waals surface area contributed by atoms with Crippen LogP contribution in [-0.4, -0.2) is 23.5 Å². The number of hydrogen-bond acceptors (Lipinski definition) is 1. The fraction of sp³-hybridized carbons (Fsp3) is 1.00. The Labute approximate surface area is 67.8 Å². The summed E-state index contributed by atoms with van der Waals surface area (Å²) in [5.41, 5.74) is 0.873. The van der Waals surface area contributed by atoms with E-state index in [-0.39, 0.29) is 0 Å². The number of nitrogens with zero attached hydrogens (tertiary/aromatic N) is 1. The average Bonchev–Trinajstić information content (AvgIpc) is 2.75. The van der Waals surface area contributed by atoms with Gasteiger partial charge < -0.3 is 0 Å². The monoisotopic (exact) mass is 149 g/mol. The fourth-order valence-corrected chi connectivity index (χ4v) is 3.58. The van der Waals surface area contributed by atoms with Gasteiger partial charge in [-0.1, -0.05) is 0 Å². The van der Waals surface area contributed by atoms with Crippen LogP contribution >= 0.6 is 0 Å². The maximum atomic E-state index is 2.84. The van der Waals surface area contributed by atoms with Crippen molar-refractivity contribution in [2.24, 2.45) is 11.3 Å². The van der Waals surface area contributed by atoms with Crippen LogP contribution in [0.25, 0.3) is 0 Å². The zero-order valence-electron chi connectivity index (χ0n) is 6.92. The third kappa shape index (κ3) is 0.581. The Morgan fingerprint density at radius 1 is 1.18 bits per heavy atom. The van der Waals surface area contributed by atoms with Gasteiger partial charge in [0.25, 0.3) is 0 Å². The van der Waals surface area contributed by atoms with E-state index >= 15 is 0 Å². The van der Waals surface area contributed by atoms with Crippen molar-refractivity contribution in [3.05, 3.63) is 0 Å². The first-order valence-corrected chi connectivity index (χ1v) is 5.12. The lowest BCUT2D eigenvalue weighted by Gasteiger charge is -2.17. The number of hydrogen-bond donors (Lipinski definition) is 0. The van der Waals surface area contributed by atoms with Gasteiger partial charge in [0.1, 0.15) is 0 Å². The molecule has 4 fully saturated rings. The maximum Gasteiger partial charge on any atom is 0.0131 e. The number of rotatable bonds is 0. The minimum absolute atomic E-state index is 0.873. The van der Waals surface area contributed by atoms with Gasteiger partial charge in [-0.25, -0.2) is 0 Å². The summed E-state index contributed by atoms with van der Waals surface area (Å²) < 4.78 is 0. The van der Waals surface area contributed by atoms with Crippen LogP contribution in [0.2, 0.25) is 0 Å². The second-order valence-corrected chi connectivity index (χ2v) is 5.33. The van der Waals surface area contributed by atoms with Gasteiger partial charge in [-0.15, -0.1) is 0 Å². The van der Waals surface area contributed by atoms with Crippen molar-refractivity contribution < 1.29 is 0 Å². The van der Waals surface area contributed by atoms with E-state index in [0.717, 1.165) is 23.4 Å². The molecule has 1 spiro atoms. The predicted octanol–water partition coefficient (Wildman–Crippen LogP) is 1.63. The standard InChI is InChI=1S/C10H15N/c1-2-10(1)5-8-3-7-4-9(7)11(8)6-10/h7-9H,1-6H2. The van der Waals surface area contributed by atoms with Crippen molar-refractivity contribution in [1.29, 1.82) is 0 Å². The third-order valence-electron chi connectivity index (χ3n) is 4.50. The van der Waals surface area contributed by atoms with Gasteiger partial charge in [0.2, 0.25) is 0 Å². The molecule has 2 aliphatic heterocycles. The zero-order chi connectivity index (χ0) is 7.05. The molecule has 1 nitrogen and oxygen atoms in total. The Morgan fingerprint density at radius 2 is 2.09 bits per heavy atom. The minimum atomic E-state index is 0.873. The Morgan fingerprint density at radius 3 is 2.82 bits per heavy atom. The van der Waals surface area contributed by atoms with Crippen LogP contribution in [0, 0.1) is 11.3 Å². The largest absolute Gasteiger partial charge is 0.297 e. The predicted molar refractivity (Wildman–Crippen MR) is 43.3 cm³/mol. The van der Waals surface area contributed by atoms with E-state index in [1.54, 1.807) is 32.1 Å². The van der Waals surface area contributed by atoms with Crippen molar-refractivity contribution in [3.8, 4) is 0 Å². The highest BCUT2D eigenvalue weighted by Crippen LogP contribution is 2.62. The summed E-state index contributed by atoms with van der Waals surface area (Å²) in [6.45, 7) is 1.48. The van der Waals surface area contributed by atoms with E-state index in [1.807, 2.05) is 0 Å². The molecule has 2 heterocycles. The second-order valence-electron chi connectivity index (χ2n) is 5.33. The lowest BCUT2D eigenvalue weighted by molar-refractivity contribution is 0.274. The van der Waals surface area contributed by atoms with Crippen LogP contribution < -0.4 is 0 Å². The van der Waals surface area contributed by atoms with E-state index in [1.165, 1.54) is 6.54 Å². The molecule has 11 heavy (non-hydrogen) atoms. The smallest absolute Gasteiger partial charge is 0.0131 e. The highest BCUT2D eigenvalue weighted by Gasteiger charge is 2.61.